The lowest BCUT2D eigenvalue weighted by molar-refractivity contribution is -0.00835. The zero-order chi connectivity index (χ0) is 20.4. The Hall–Kier alpha value is -2.83. The first-order valence-corrected chi connectivity index (χ1v) is 9.79. The summed E-state index contributed by atoms with van der Waals surface area (Å²) in [4.78, 5) is 12.3. The maximum absolute atomic E-state index is 12.3. The molecule has 4 rings (SSSR count). The van der Waals surface area contributed by atoms with Gasteiger partial charge in [0.25, 0.3) is 0 Å². The zero-order valence-corrected chi connectivity index (χ0v) is 16.3. The molecule has 0 spiro atoms. The molecule has 2 unspecified atom stereocenters. The molecule has 3 aromatic rings. The normalized spacial score (nSPS) is 15.6. The van der Waals surface area contributed by atoms with Crippen molar-refractivity contribution >= 4 is 11.0 Å². The van der Waals surface area contributed by atoms with Crippen LogP contribution in [0.15, 0.2) is 51.7 Å². The van der Waals surface area contributed by atoms with Crippen LogP contribution >= 0.6 is 0 Å². The van der Waals surface area contributed by atoms with Gasteiger partial charge in [0.15, 0.2) is 0 Å². The van der Waals surface area contributed by atoms with E-state index in [1.165, 1.54) is 0 Å². The van der Waals surface area contributed by atoms with Crippen molar-refractivity contribution in [1.82, 2.24) is 0 Å². The van der Waals surface area contributed by atoms with Crippen LogP contribution in [-0.2, 0) is 12.8 Å². The first-order chi connectivity index (χ1) is 14.1. The highest BCUT2D eigenvalue weighted by Crippen LogP contribution is 2.33. The largest absolute Gasteiger partial charge is 0.497 e. The Morgan fingerprint density at radius 3 is 2.55 bits per heavy atom. The quantitative estimate of drug-likeness (QED) is 0.622. The summed E-state index contributed by atoms with van der Waals surface area (Å²) in [5.41, 5.74) is 2.29. The summed E-state index contributed by atoms with van der Waals surface area (Å²) in [5.74, 6) is 1.19. The van der Waals surface area contributed by atoms with Crippen LogP contribution in [0.25, 0.3) is 11.0 Å². The summed E-state index contributed by atoms with van der Waals surface area (Å²) in [6.07, 6.45) is 1.04. The van der Waals surface area contributed by atoms with Crippen LogP contribution in [0.4, 0.5) is 0 Å². The summed E-state index contributed by atoms with van der Waals surface area (Å²) in [7, 11) is 1.57. The number of ether oxygens (including phenoxy) is 2. The van der Waals surface area contributed by atoms with Gasteiger partial charge in [0.1, 0.15) is 35.9 Å². The number of benzene rings is 2. The number of fused-ring (bicyclic) bond motifs is 3. The van der Waals surface area contributed by atoms with E-state index in [1.807, 2.05) is 0 Å². The number of aliphatic hydroxyl groups is 2. The number of methoxy groups -OCH3 is 1. The standard InChI is InChI=1S/C23H24O6/c1-27-14-6-4-7-15(12-14)28-13-19(24)22(25)18-10-5-11-20-21(18)16-8-2-3-9-17(16)23(26)29-20/h4-7,10-12,19,22,24-25H,2-3,8-9,13H2,1H3. The molecule has 1 aliphatic rings. The van der Waals surface area contributed by atoms with Crippen molar-refractivity contribution in [2.24, 2.45) is 0 Å². The highest BCUT2D eigenvalue weighted by Gasteiger charge is 2.26. The van der Waals surface area contributed by atoms with Crippen LogP contribution in [0.3, 0.4) is 0 Å². The Kier molecular flexibility index (Phi) is 5.56. The highest BCUT2D eigenvalue weighted by molar-refractivity contribution is 5.85. The molecule has 6 nitrogen and oxygen atoms in total. The van der Waals surface area contributed by atoms with E-state index >= 15 is 0 Å². The maximum atomic E-state index is 12.3. The first kappa shape index (κ1) is 19.5. The van der Waals surface area contributed by atoms with Crippen molar-refractivity contribution in [1.29, 1.82) is 0 Å². The van der Waals surface area contributed by atoms with Gasteiger partial charge in [0.05, 0.1) is 7.11 Å². The Labute approximate surface area is 168 Å². The highest BCUT2D eigenvalue weighted by atomic mass is 16.5. The van der Waals surface area contributed by atoms with Gasteiger partial charge in [-0.05, 0) is 55.0 Å². The SMILES string of the molecule is COc1cccc(OCC(O)C(O)c2cccc3oc(=O)c4c(c23)CCCC4)c1. The van der Waals surface area contributed by atoms with E-state index in [4.69, 9.17) is 13.9 Å². The van der Waals surface area contributed by atoms with Crippen molar-refractivity contribution in [3.8, 4) is 11.5 Å². The minimum atomic E-state index is -1.18. The molecule has 1 heterocycles. The fourth-order valence-electron chi connectivity index (χ4n) is 3.94. The van der Waals surface area contributed by atoms with Gasteiger partial charge in [-0.2, -0.15) is 0 Å². The molecular weight excluding hydrogens is 372 g/mol. The van der Waals surface area contributed by atoms with Gasteiger partial charge in [-0.15, -0.1) is 0 Å². The molecule has 2 N–H and O–H groups in total. The molecule has 2 atom stereocenters. The van der Waals surface area contributed by atoms with Crippen LogP contribution in [0.5, 0.6) is 11.5 Å². The minimum absolute atomic E-state index is 0.0936. The monoisotopic (exact) mass is 396 g/mol. The molecule has 0 radical (unpaired) electrons. The summed E-state index contributed by atoms with van der Waals surface area (Å²) >= 11 is 0. The molecule has 0 fully saturated rings. The summed E-state index contributed by atoms with van der Waals surface area (Å²) in [5, 5.41) is 22.2. The van der Waals surface area contributed by atoms with Crippen LogP contribution in [0.1, 0.15) is 35.6 Å². The van der Waals surface area contributed by atoms with Crippen LogP contribution in [-0.4, -0.2) is 30.0 Å². The predicted molar refractivity (Wildman–Crippen MR) is 109 cm³/mol. The van der Waals surface area contributed by atoms with Crippen molar-refractivity contribution < 1.29 is 24.1 Å². The van der Waals surface area contributed by atoms with Crippen molar-refractivity contribution in [2.45, 2.75) is 37.9 Å². The fourth-order valence-corrected chi connectivity index (χ4v) is 3.94. The van der Waals surface area contributed by atoms with E-state index in [0.29, 0.717) is 34.6 Å². The van der Waals surface area contributed by atoms with E-state index in [2.05, 4.69) is 0 Å². The van der Waals surface area contributed by atoms with Crippen molar-refractivity contribution in [3.63, 3.8) is 0 Å². The summed E-state index contributed by atoms with van der Waals surface area (Å²) < 4.78 is 16.3. The summed E-state index contributed by atoms with van der Waals surface area (Å²) in [6, 6.07) is 12.3. The van der Waals surface area contributed by atoms with Gasteiger partial charge in [0, 0.05) is 17.0 Å². The number of hydrogen-bond acceptors (Lipinski definition) is 6. The van der Waals surface area contributed by atoms with E-state index in [-0.39, 0.29) is 12.2 Å². The lowest BCUT2D eigenvalue weighted by atomic mass is 9.87. The third-order valence-electron chi connectivity index (χ3n) is 5.42. The Balaban J connectivity index is 1.62. The summed E-state index contributed by atoms with van der Waals surface area (Å²) in [6.45, 7) is -0.0936. The molecular formula is C23H24O6. The number of rotatable bonds is 6. The molecule has 2 aromatic carbocycles. The van der Waals surface area contributed by atoms with Gasteiger partial charge in [-0.1, -0.05) is 18.2 Å². The average molecular weight is 396 g/mol. The van der Waals surface area contributed by atoms with Gasteiger partial charge >= 0.3 is 5.63 Å². The number of aliphatic hydroxyl groups excluding tert-OH is 2. The van der Waals surface area contributed by atoms with Gasteiger partial charge in [-0.25, -0.2) is 4.79 Å². The van der Waals surface area contributed by atoms with Crippen LogP contribution in [0, 0.1) is 0 Å². The van der Waals surface area contributed by atoms with E-state index in [1.54, 1.807) is 49.6 Å². The molecule has 0 aliphatic heterocycles. The molecule has 0 saturated carbocycles. The number of hydrogen-bond donors (Lipinski definition) is 2. The Morgan fingerprint density at radius 1 is 1.03 bits per heavy atom. The first-order valence-electron chi connectivity index (χ1n) is 9.79. The third kappa shape index (κ3) is 3.86. The molecule has 1 aliphatic carbocycles. The Bertz CT molecular complexity index is 1070. The topological polar surface area (TPSA) is 89.1 Å². The lowest BCUT2D eigenvalue weighted by Gasteiger charge is -2.23. The molecule has 0 bridgehead atoms. The molecule has 6 heteroatoms. The smallest absolute Gasteiger partial charge is 0.339 e. The molecule has 29 heavy (non-hydrogen) atoms. The Morgan fingerprint density at radius 2 is 1.76 bits per heavy atom. The van der Waals surface area contributed by atoms with Gasteiger partial charge < -0.3 is 24.1 Å². The average Bonchev–Trinajstić information content (AvgIpc) is 2.76. The number of aryl methyl sites for hydroxylation is 1. The molecule has 152 valence electrons. The second-order valence-electron chi connectivity index (χ2n) is 7.28. The minimum Gasteiger partial charge on any atom is -0.497 e. The third-order valence-corrected chi connectivity index (χ3v) is 5.42. The predicted octanol–water partition coefficient (Wildman–Crippen LogP) is 3.15. The van der Waals surface area contributed by atoms with Crippen molar-refractivity contribution in [2.75, 3.05) is 13.7 Å². The van der Waals surface area contributed by atoms with E-state index in [9.17, 15) is 15.0 Å². The van der Waals surface area contributed by atoms with E-state index in [0.717, 1.165) is 30.2 Å². The molecule has 1 aromatic heterocycles. The van der Waals surface area contributed by atoms with Crippen molar-refractivity contribution in [3.05, 3.63) is 69.6 Å². The zero-order valence-electron chi connectivity index (χ0n) is 16.3. The second kappa shape index (κ2) is 8.27. The molecule has 0 saturated heterocycles. The molecule has 0 amide bonds. The van der Waals surface area contributed by atoms with E-state index < -0.39 is 12.2 Å². The van der Waals surface area contributed by atoms with Crippen LogP contribution < -0.4 is 15.1 Å². The second-order valence-corrected chi connectivity index (χ2v) is 7.28. The lowest BCUT2D eigenvalue weighted by Crippen LogP contribution is -2.26. The van der Waals surface area contributed by atoms with Crippen LogP contribution in [0.2, 0.25) is 0 Å². The van der Waals surface area contributed by atoms with Gasteiger partial charge in [-0.3, -0.25) is 0 Å². The maximum Gasteiger partial charge on any atom is 0.339 e. The fraction of sp³-hybridized carbons (Fsp3) is 0.348. The van der Waals surface area contributed by atoms with Gasteiger partial charge in [0.2, 0.25) is 0 Å².